The first-order valence-electron chi connectivity index (χ1n) is 7.44. The average Bonchev–Trinajstić information content (AvgIpc) is 2.85. The Labute approximate surface area is 137 Å². The number of carbonyl (C=O) groups is 1. The van der Waals surface area contributed by atoms with Gasteiger partial charge in [0, 0.05) is 12.1 Å². The van der Waals surface area contributed by atoms with Crippen LogP contribution in [0.15, 0.2) is 29.2 Å². The fraction of sp³-hybridized carbons (Fsp3) is 0.533. The van der Waals surface area contributed by atoms with Crippen molar-refractivity contribution in [2.75, 3.05) is 18.1 Å². The maximum absolute atomic E-state index is 12.6. The summed E-state index contributed by atoms with van der Waals surface area (Å²) in [6.45, 7) is 4.42. The molecule has 23 heavy (non-hydrogen) atoms. The molecule has 0 aliphatic carbocycles. The monoisotopic (exact) mass is 359 g/mol. The van der Waals surface area contributed by atoms with Crippen LogP contribution in [0.2, 0.25) is 0 Å². The molecular formula is C15H21NO5S2. The smallest absolute Gasteiger partial charge is 0.251 e. The Bertz CT molecular complexity index is 797. The van der Waals surface area contributed by atoms with Gasteiger partial charge in [0.15, 0.2) is 19.7 Å². The summed E-state index contributed by atoms with van der Waals surface area (Å²) in [5, 5.41) is 1.80. The van der Waals surface area contributed by atoms with Crippen molar-refractivity contribution < 1.29 is 21.6 Å². The van der Waals surface area contributed by atoms with Gasteiger partial charge in [-0.05, 0) is 30.5 Å². The molecule has 1 aliphatic heterocycles. The number of benzene rings is 1. The van der Waals surface area contributed by atoms with Gasteiger partial charge in [-0.15, -0.1) is 0 Å². The van der Waals surface area contributed by atoms with E-state index < -0.39 is 24.9 Å². The standard InChI is InChI=1S/C15H21NO5S2/c1-11(2)9-16-15(17)12-4-3-5-13(8-12)23(20,21)14-6-7-22(18,19)10-14/h3-5,8,11,14H,6-7,9-10H2,1-2H3,(H,16,17)/t14-/m1/s1. The van der Waals surface area contributed by atoms with Crippen LogP contribution in [0.3, 0.4) is 0 Å². The molecule has 128 valence electrons. The topological polar surface area (TPSA) is 97.4 Å². The Kier molecular flexibility index (Phi) is 5.15. The molecule has 1 heterocycles. The summed E-state index contributed by atoms with van der Waals surface area (Å²) in [7, 11) is -7.05. The minimum atomic E-state index is -3.76. The summed E-state index contributed by atoms with van der Waals surface area (Å²) in [4.78, 5) is 12.0. The van der Waals surface area contributed by atoms with E-state index in [1.807, 2.05) is 13.8 Å². The lowest BCUT2D eigenvalue weighted by Crippen LogP contribution is -2.28. The second kappa shape index (κ2) is 6.60. The van der Waals surface area contributed by atoms with E-state index in [1.165, 1.54) is 18.2 Å². The van der Waals surface area contributed by atoms with Gasteiger partial charge in [0.05, 0.1) is 21.7 Å². The molecule has 1 fully saturated rings. The zero-order valence-corrected chi connectivity index (χ0v) is 14.8. The van der Waals surface area contributed by atoms with Crippen molar-refractivity contribution in [1.82, 2.24) is 5.32 Å². The molecule has 0 spiro atoms. The number of hydrogen-bond donors (Lipinski definition) is 1. The van der Waals surface area contributed by atoms with Crippen molar-refractivity contribution in [1.29, 1.82) is 0 Å². The van der Waals surface area contributed by atoms with E-state index in [1.54, 1.807) is 6.07 Å². The van der Waals surface area contributed by atoms with E-state index in [9.17, 15) is 21.6 Å². The molecule has 0 saturated carbocycles. The Hall–Kier alpha value is -1.41. The third-order valence-corrected chi connectivity index (χ3v) is 7.90. The summed E-state index contributed by atoms with van der Waals surface area (Å²) in [5.74, 6) is -0.505. The lowest BCUT2D eigenvalue weighted by atomic mass is 10.2. The molecule has 0 aromatic heterocycles. The molecule has 1 atom stereocenters. The van der Waals surface area contributed by atoms with Crippen LogP contribution in [0.1, 0.15) is 30.6 Å². The highest BCUT2D eigenvalue weighted by atomic mass is 32.2. The molecule has 1 aliphatic rings. The molecular weight excluding hydrogens is 338 g/mol. The maximum Gasteiger partial charge on any atom is 0.251 e. The fourth-order valence-electron chi connectivity index (χ4n) is 2.41. The van der Waals surface area contributed by atoms with Crippen molar-refractivity contribution in [2.45, 2.75) is 30.4 Å². The zero-order valence-electron chi connectivity index (χ0n) is 13.2. The van der Waals surface area contributed by atoms with Gasteiger partial charge >= 0.3 is 0 Å². The average molecular weight is 359 g/mol. The van der Waals surface area contributed by atoms with E-state index >= 15 is 0 Å². The molecule has 1 aromatic rings. The minimum absolute atomic E-state index is 0.00297. The number of carbonyl (C=O) groups excluding carboxylic acids is 1. The Morgan fingerprint density at radius 2 is 2.04 bits per heavy atom. The van der Waals surface area contributed by atoms with Gasteiger partial charge < -0.3 is 5.32 Å². The normalized spacial score (nSPS) is 20.6. The molecule has 1 N–H and O–H groups in total. The van der Waals surface area contributed by atoms with Gasteiger partial charge in [-0.2, -0.15) is 0 Å². The first-order valence-corrected chi connectivity index (χ1v) is 10.8. The largest absolute Gasteiger partial charge is 0.352 e. The van der Waals surface area contributed by atoms with Crippen LogP contribution in [0.5, 0.6) is 0 Å². The Morgan fingerprint density at radius 1 is 1.35 bits per heavy atom. The predicted octanol–water partition coefficient (Wildman–Crippen LogP) is 1.03. The molecule has 0 unspecified atom stereocenters. The van der Waals surface area contributed by atoms with E-state index in [2.05, 4.69) is 5.32 Å². The Balaban J connectivity index is 2.24. The summed E-state index contributed by atoms with van der Waals surface area (Å²) >= 11 is 0. The van der Waals surface area contributed by atoms with Crippen LogP contribution >= 0.6 is 0 Å². The van der Waals surface area contributed by atoms with Crippen LogP contribution in [0, 0.1) is 5.92 Å². The zero-order chi connectivity index (χ0) is 17.3. The summed E-state index contributed by atoms with van der Waals surface area (Å²) in [6.07, 6.45) is 0.106. The summed E-state index contributed by atoms with van der Waals surface area (Å²) in [6, 6.07) is 5.76. The number of sulfone groups is 2. The van der Waals surface area contributed by atoms with E-state index in [-0.39, 0.29) is 40.2 Å². The third kappa shape index (κ3) is 4.32. The summed E-state index contributed by atoms with van der Waals surface area (Å²) < 4.78 is 48.2. The van der Waals surface area contributed by atoms with Crippen molar-refractivity contribution in [3.63, 3.8) is 0 Å². The molecule has 2 rings (SSSR count). The first-order chi connectivity index (χ1) is 10.6. The SMILES string of the molecule is CC(C)CNC(=O)c1cccc(S(=O)(=O)[C@@H]2CCS(=O)(=O)C2)c1. The summed E-state index contributed by atoms with van der Waals surface area (Å²) in [5.41, 5.74) is 0.257. The lowest BCUT2D eigenvalue weighted by Gasteiger charge is -2.12. The van der Waals surface area contributed by atoms with E-state index in [0.29, 0.717) is 6.54 Å². The van der Waals surface area contributed by atoms with Gasteiger partial charge in [-0.1, -0.05) is 19.9 Å². The second-order valence-corrected chi connectivity index (χ2v) is 10.7. The van der Waals surface area contributed by atoms with E-state index in [0.717, 1.165) is 0 Å². The third-order valence-electron chi connectivity index (χ3n) is 3.73. The maximum atomic E-state index is 12.6. The quantitative estimate of drug-likeness (QED) is 0.847. The highest BCUT2D eigenvalue weighted by molar-refractivity contribution is 7.96. The van der Waals surface area contributed by atoms with Crippen molar-refractivity contribution in [3.8, 4) is 0 Å². The van der Waals surface area contributed by atoms with Crippen LogP contribution in [-0.4, -0.2) is 46.0 Å². The van der Waals surface area contributed by atoms with Gasteiger partial charge in [0.25, 0.3) is 5.91 Å². The number of amides is 1. The Morgan fingerprint density at radius 3 is 2.61 bits per heavy atom. The number of nitrogens with one attached hydrogen (secondary N) is 1. The van der Waals surface area contributed by atoms with E-state index in [4.69, 9.17) is 0 Å². The molecule has 0 bridgehead atoms. The molecule has 1 aromatic carbocycles. The predicted molar refractivity (Wildman–Crippen MR) is 87.9 cm³/mol. The molecule has 8 heteroatoms. The van der Waals surface area contributed by atoms with Crippen LogP contribution in [-0.2, 0) is 19.7 Å². The molecule has 1 amide bonds. The van der Waals surface area contributed by atoms with Crippen LogP contribution in [0.25, 0.3) is 0 Å². The highest BCUT2D eigenvalue weighted by Crippen LogP contribution is 2.25. The van der Waals surface area contributed by atoms with Crippen molar-refractivity contribution in [2.24, 2.45) is 5.92 Å². The molecule has 0 radical (unpaired) electrons. The number of rotatable bonds is 5. The molecule has 6 nitrogen and oxygen atoms in total. The lowest BCUT2D eigenvalue weighted by molar-refractivity contribution is 0.0949. The fourth-order valence-corrected chi connectivity index (χ4v) is 6.82. The van der Waals surface area contributed by atoms with Crippen molar-refractivity contribution in [3.05, 3.63) is 29.8 Å². The molecule has 1 saturated heterocycles. The van der Waals surface area contributed by atoms with Gasteiger partial charge in [-0.3, -0.25) is 4.79 Å². The second-order valence-electron chi connectivity index (χ2n) is 6.20. The van der Waals surface area contributed by atoms with Gasteiger partial charge in [0.1, 0.15) is 0 Å². The number of hydrogen-bond acceptors (Lipinski definition) is 5. The van der Waals surface area contributed by atoms with Crippen LogP contribution < -0.4 is 5.32 Å². The van der Waals surface area contributed by atoms with Crippen molar-refractivity contribution >= 4 is 25.6 Å². The highest BCUT2D eigenvalue weighted by Gasteiger charge is 2.38. The van der Waals surface area contributed by atoms with Crippen LogP contribution in [0.4, 0.5) is 0 Å². The first kappa shape index (κ1) is 17.9. The van der Waals surface area contributed by atoms with Gasteiger partial charge in [-0.25, -0.2) is 16.8 Å². The van der Waals surface area contributed by atoms with Gasteiger partial charge in [0.2, 0.25) is 0 Å². The minimum Gasteiger partial charge on any atom is -0.352 e.